The van der Waals surface area contributed by atoms with Crippen LogP contribution in [0.5, 0.6) is 17.2 Å². The number of nitrogens with two attached hydrogens (primary N) is 1. The van der Waals surface area contributed by atoms with Gasteiger partial charge in [-0.05, 0) is 50.5 Å². The molecular weight excluding hydrogens is 290 g/mol. The summed E-state index contributed by atoms with van der Waals surface area (Å²) in [4.78, 5) is 0. The molecule has 4 heteroatoms. The van der Waals surface area contributed by atoms with E-state index < -0.39 is 0 Å². The van der Waals surface area contributed by atoms with Crippen molar-refractivity contribution >= 4 is 5.69 Å². The van der Waals surface area contributed by atoms with Crippen LogP contribution in [-0.4, -0.2) is 19.8 Å². The lowest BCUT2D eigenvalue weighted by atomic mass is 10.2. The Balaban J connectivity index is 1.67. The maximum atomic E-state index is 5.86. The molecule has 2 rings (SSSR count). The van der Waals surface area contributed by atoms with Gasteiger partial charge in [-0.1, -0.05) is 18.2 Å². The molecule has 0 amide bonds. The van der Waals surface area contributed by atoms with Crippen LogP contribution in [0.15, 0.2) is 42.5 Å². The normalized spacial score (nSPS) is 10.3. The van der Waals surface area contributed by atoms with Crippen molar-refractivity contribution in [2.24, 2.45) is 0 Å². The molecule has 0 saturated carbocycles. The standard InChI is InChI=1S/C19H25NO3/c1-3-21-18-8-4-5-9-19(18)23-13-7-6-12-22-16-11-10-15(2)17(20)14-16/h4-5,8-11,14H,3,6-7,12-13,20H2,1-2H3. The Morgan fingerprint density at radius 3 is 2.17 bits per heavy atom. The molecule has 0 fully saturated rings. The molecule has 0 unspecified atom stereocenters. The first kappa shape index (κ1) is 17.0. The Hall–Kier alpha value is -2.36. The SMILES string of the molecule is CCOc1ccccc1OCCCCOc1ccc(C)c(N)c1. The highest BCUT2D eigenvalue weighted by molar-refractivity contribution is 5.50. The summed E-state index contributed by atoms with van der Waals surface area (Å²) in [7, 11) is 0. The summed E-state index contributed by atoms with van der Waals surface area (Å²) in [6.07, 6.45) is 1.84. The van der Waals surface area contributed by atoms with Crippen LogP contribution < -0.4 is 19.9 Å². The van der Waals surface area contributed by atoms with Gasteiger partial charge in [0.25, 0.3) is 0 Å². The number of unbranched alkanes of at least 4 members (excludes halogenated alkanes) is 1. The predicted octanol–water partition coefficient (Wildman–Crippen LogP) is 4.21. The molecule has 2 N–H and O–H groups in total. The zero-order chi connectivity index (χ0) is 16.5. The number of hydrogen-bond acceptors (Lipinski definition) is 4. The molecule has 0 saturated heterocycles. The van der Waals surface area contributed by atoms with E-state index in [-0.39, 0.29) is 0 Å². The minimum Gasteiger partial charge on any atom is -0.494 e. The maximum Gasteiger partial charge on any atom is 0.161 e. The quantitative estimate of drug-likeness (QED) is 0.556. The third kappa shape index (κ3) is 5.40. The molecule has 2 aromatic rings. The van der Waals surface area contributed by atoms with Crippen LogP contribution in [0.3, 0.4) is 0 Å². The number of rotatable bonds is 9. The zero-order valence-electron chi connectivity index (χ0n) is 13.9. The number of benzene rings is 2. The average molecular weight is 315 g/mol. The van der Waals surface area contributed by atoms with E-state index in [4.69, 9.17) is 19.9 Å². The molecular formula is C19H25NO3. The largest absolute Gasteiger partial charge is 0.494 e. The van der Waals surface area contributed by atoms with E-state index in [0.29, 0.717) is 19.8 Å². The van der Waals surface area contributed by atoms with Gasteiger partial charge in [-0.25, -0.2) is 0 Å². The van der Waals surface area contributed by atoms with Gasteiger partial charge in [0, 0.05) is 11.8 Å². The van der Waals surface area contributed by atoms with E-state index in [1.807, 2.05) is 56.3 Å². The first-order valence-electron chi connectivity index (χ1n) is 8.04. The smallest absolute Gasteiger partial charge is 0.161 e. The van der Waals surface area contributed by atoms with Gasteiger partial charge in [-0.2, -0.15) is 0 Å². The number of nitrogen functional groups attached to an aromatic ring is 1. The summed E-state index contributed by atoms with van der Waals surface area (Å²) in [5.41, 5.74) is 7.69. The topological polar surface area (TPSA) is 53.7 Å². The van der Waals surface area contributed by atoms with Crippen molar-refractivity contribution in [3.8, 4) is 17.2 Å². The van der Waals surface area contributed by atoms with Gasteiger partial charge in [-0.15, -0.1) is 0 Å². The van der Waals surface area contributed by atoms with Crippen LogP contribution >= 0.6 is 0 Å². The van der Waals surface area contributed by atoms with Crippen molar-refractivity contribution in [3.63, 3.8) is 0 Å². The third-order valence-corrected chi connectivity index (χ3v) is 3.46. The number of anilines is 1. The van der Waals surface area contributed by atoms with Gasteiger partial charge in [-0.3, -0.25) is 0 Å². The average Bonchev–Trinajstić information content (AvgIpc) is 2.55. The van der Waals surface area contributed by atoms with Gasteiger partial charge in [0.15, 0.2) is 11.5 Å². The fourth-order valence-corrected chi connectivity index (χ4v) is 2.13. The molecule has 0 spiro atoms. The van der Waals surface area contributed by atoms with Gasteiger partial charge < -0.3 is 19.9 Å². The molecule has 0 aliphatic rings. The molecule has 0 aliphatic carbocycles. The molecule has 0 atom stereocenters. The highest BCUT2D eigenvalue weighted by Crippen LogP contribution is 2.26. The number of hydrogen-bond donors (Lipinski definition) is 1. The van der Waals surface area contributed by atoms with Crippen molar-refractivity contribution in [1.82, 2.24) is 0 Å². The van der Waals surface area contributed by atoms with Crippen LogP contribution in [-0.2, 0) is 0 Å². The monoisotopic (exact) mass is 315 g/mol. The lowest BCUT2D eigenvalue weighted by Crippen LogP contribution is -2.04. The minimum absolute atomic E-state index is 0.633. The first-order valence-corrected chi connectivity index (χ1v) is 8.04. The van der Waals surface area contributed by atoms with Gasteiger partial charge >= 0.3 is 0 Å². The summed E-state index contributed by atoms with van der Waals surface area (Å²) in [6, 6.07) is 13.5. The summed E-state index contributed by atoms with van der Waals surface area (Å²) >= 11 is 0. The lowest BCUT2D eigenvalue weighted by molar-refractivity contribution is 0.252. The molecule has 0 aromatic heterocycles. The fraction of sp³-hybridized carbons (Fsp3) is 0.368. The number of ether oxygens (including phenoxy) is 3. The Kier molecular flexibility index (Phi) is 6.60. The second-order valence-corrected chi connectivity index (χ2v) is 5.30. The zero-order valence-corrected chi connectivity index (χ0v) is 13.9. The lowest BCUT2D eigenvalue weighted by Gasteiger charge is -2.12. The molecule has 0 aliphatic heterocycles. The Morgan fingerprint density at radius 2 is 1.52 bits per heavy atom. The van der Waals surface area contributed by atoms with Crippen LogP contribution in [0, 0.1) is 6.92 Å². The molecule has 0 radical (unpaired) electrons. The minimum atomic E-state index is 0.633. The van der Waals surface area contributed by atoms with Crippen molar-refractivity contribution < 1.29 is 14.2 Å². The van der Waals surface area contributed by atoms with E-state index in [1.54, 1.807) is 0 Å². The van der Waals surface area contributed by atoms with E-state index in [0.717, 1.165) is 41.3 Å². The number of aryl methyl sites for hydroxylation is 1. The summed E-state index contributed by atoms with van der Waals surface area (Å²) in [5, 5.41) is 0. The Bertz CT molecular complexity index is 613. The molecule has 2 aromatic carbocycles. The van der Waals surface area contributed by atoms with Crippen molar-refractivity contribution in [1.29, 1.82) is 0 Å². The summed E-state index contributed by atoms with van der Waals surface area (Å²) in [6.45, 7) is 5.87. The second kappa shape index (κ2) is 8.93. The molecule has 124 valence electrons. The Labute approximate surface area is 138 Å². The maximum absolute atomic E-state index is 5.86. The van der Waals surface area contributed by atoms with Crippen LogP contribution in [0.25, 0.3) is 0 Å². The summed E-state index contributed by atoms with van der Waals surface area (Å²) < 4.78 is 17.0. The highest BCUT2D eigenvalue weighted by atomic mass is 16.5. The van der Waals surface area contributed by atoms with E-state index >= 15 is 0 Å². The molecule has 0 bridgehead atoms. The first-order chi connectivity index (χ1) is 11.2. The van der Waals surface area contributed by atoms with Crippen LogP contribution in [0.4, 0.5) is 5.69 Å². The van der Waals surface area contributed by atoms with E-state index in [2.05, 4.69) is 0 Å². The molecule has 4 nitrogen and oxygen atoms in total. The number of para-hydroxylation sites is 2. The van der Waals surface area contributed by atoms with E-state index in [1.165, 1.54) is 0 Å². The van der Waals surface area contributed by atoms with Crippen molar-refractivity contribution in [2.75, 3.05) is 25.6 Å². The van der Waals surface area contributed by atoms with Gasteiger partial charge in [0.1, 0.15) is 5.75 Å². The fourth-order valence-electron chi connectivity index (χ4n) is 2.13. The van der Waals surface area contributed by atoms with Crippen molar-refractivity contribution in [3.05, 3.63) is 48.0 Å². The van der Waals surface area contributed by atoms with Gasteiger partial charge in [0.05, 0.1) is 19.8 Å². The van der Waals surface area contributed by atoms with Crippen LogP contribution in [0.2, 0.25) is 0 Å². The van der Waals surface area contributed by atoms with Crippen LogP contribution in [0.1, 0.15) is 25.3 Å². The second-order valence-electron chi connectivity index (χ2n) is 5.30. The molecule has 0 heterocycles. The predicted molar refractivity (Wildman–Crippen MR) is 93.4 cm³/mol. The highest BCUT2D eigenvalue weighted by Gasteiger charge is 2.03. The van der Waals surface area contributed by atoms with E-state index in [9.17, 15) is 0 Å². The third-order valence-electron chi connectivity index (χ3n) is 3.46. The summed E-state index contributed by atoms with van der Waals surface area (Å²) in [5.74, 6) is 2.40. The molecule has 23 heavy (non-hydrogen) atoms. The Morgan fingerprint density at radius 1 is 0.870 bits per heavy atom. The van der Waals surface area contributed by atoms with Gasteiger partial charge in [0.2, 0.25) is 0 Å². The van der Waals surface area contributed by atoms with Crippen molar-refractivity contribution in [2.45, 2.75) is 26.7 Å².